The van der Waals surface area contributed by atoms with Gasteiger partial charge in [0.2, 0.25) is 0 Å². The summed E-state index contributed by atoms with van der Waals surface area (Å²) in [4.78, 5) is 4.70. The second-order valence-electron chi connectivity index (χ2n) is 20.4. The maximum atomic E-state index is 9.54. The van der Waals surface area contributed by atoms with E-state index in [4.69, 9.17) is 17.9 Å². The van der Waals surface area contributed by atoms with Crippen molar-refractivity contribution >= 4 is 32.8 Å². The topological polar surface area (TPSA) is 35.9 Å². The van der Waals surface area contributed by atoms with Crippen LogP contribution in [0.3, 0.4) is 0 Å². The fraction of sp³-hybridized carbons (Fsp3) is 0.182. The summed E-state index contributed by atoms with van der Waals surface area (Å²) >= 11 is 0. The molecular formula is C66H58N4OPt-2. The number of benzene rings is 8. The zero-order valence-corrected chi connectivity index (χ0v) is 43.6. The van der Waals surface area contributed by atoms with E-state index in [9.17, 15) is 6.85 Å². The van der Waals surface area contributed by atoms with Crippen molar-refractivity contribution in [3.63, 3.8) is 0 Å². The van der Waals surface area contributed by atoms with E-state index in [-0.39, 0.29) is 89.8 Å². The Hall–Kier alpha value is -7.33. The molecule has 3 heterocycles. The Morgan fingerprint density at radius 3 is 2.01 bits per heavy atom. The van der Waals surface area contributed by atoms with Crippen LogP contribution in [0.25, 0.3) is 72.3 Å². The Labute approximate surface area is 454 Å². The second kappa shape index (κ2) is 19.0. The summed E-state index contributed by atoms with van der Waals surface area (Å²) in [6.45, 7) is 16.7. The number of rotatable bonds is 10. The van der Waals surface area contributed by atoms with Crippen molar-refractivity contribution in [1.29, 1.82) is 0 Å². The summed E-state index contributed by atoms with van der Waals surface area (Å²) in [6.07, 6.45) is 3.17. The fourth-order valence-corrected chi connectivity index (χ4v) is 9.22. The van der Waals surface area contributed by atoms with Gasteiger partial charge in [0, 0.05) is 47.0 Å². The molecule has 11 rings (SSSR count). The van der Waals surface area contributed by atoms with Gasteiger partial charge in [-0.2, -0.15) is 18.2 Å². The van der Waals surface area contributed by atoms with Crippen LogP contribution in [0.2, 0.25) is 0 Å². The van der Waals surface area contributed by atoms with E-state index < -0.39 is 42.0 Å². The quantitative estimate of drug-likeness (QED) is 0.101. The van der Waals surface area contributed by atoms with Gasteiger partial charge in [0.1, 0.15) is 5.82 Å². The molecule has 0 bridgehead atoms. The SMILES string of the molecule is [2H]c1c([2H])c([2H])c(-c2cccc(-c3cc(C(C)(C)C)cc(C(C)(C)C)c3)c2-[n+]2[c-]n(-c3[c-]c(Oc4[c-]c5c(cc4)c4c([2H])c([2H])c([2H])c([2H])c4n5-c4cc(C([2H])([2H])C(C)(C)c5ccccc5)ccn4)ccc3)c3ccccc32)c([2H])c1[2H].[Pt]. The van der Waals surface area contributed by atoms with Crippen molar-refractivity contribution in [2.45, 2.75) is 78.0 Å². The number of aromatic nitrogens is 4. The van der Waals surface area contributed by atoms with E-state index >= 15 is 0 Å². The third kappa shape index (κ3) is 9.23. The molecule has 0 N–H and O–H groups in total. The second-order valence-corrected chi connectivity index (χ2v) is 20.4. The predicted octanol–water partition coefficient (Wildman–Crippen LogP) is 16.0. The summed E-state index contributed by atoms with van der Waals surface area (Å²) in [7, 11) is 0. The molecule has 0 saturated carbocycles. The molecular weight excluding hydrogens is 1060 g/mol. The van der Waals surface area contributed by atoms with Crippen molar-refractivity contribution in [3.8, 4) is 50.9 Å². The van der Waals surface area contributed by atoms with Crippen molar-refractivity contribution in [1.82, 2.24) is 14.1 Å². The number of imidazole rings is 1. The van der Waals surface area contributed by atoms with E-state index in [2.05, 4.69) is 78.2 Å². The average molecular weight is 1130 g/mol. The van der Waals surface area contributed by atoms with Crippen LogP contribution >= 0.6 is 0 Å². The van der Waals surface area contributed by atoms with Crippen molar-refractivity contribution in [2.24, 2.45) is 0 Å². The Kier molecular flexibility index (Phi) is 9.66. The molecule has 3 aromatic heterocycles. The predicted molar refractivity (Wildman–Crippen MR) is 291 cm³/mol. The van der Waals surface area contributed by atoms with Gasteiger partial charge in [0.25, 0.3) is 6.33 Å². The largest absolute Gasteiger partial charge is 0.510 e. The Morgan fingerprint density at radius 2 is 1.26 bits per heavy atom. The summed E-state index contributed by atoms with van der Waals surface area (Å²) in [5, 5.41) is 0.696. The van der Waals surface area contributed by atoms with Gasteiger partial charge in [0.15, 0.2) is 0 Å². The van der Waals surface area contributed by atoms with E-state index in [0.29, 0.717) is 44.4 Å². The van der Waals surface area contributed by atoms with E-state index in [1.165, 1.54) is 6.20 Å². The smallest absolute Gasteiger partial charge is 0.268 e. The number of ether oxygens (including phenoxy) is 1. The molecule has 0 aliphatic rings. The monoisotopic (exact) mass is 1130 g/mol. The molecule has 0 aliphatic carbocycles. The third-order valence-corrected chi connectivity index (χ3v) is 13.0. The Bertz CT molecular complexity index is 4350. The minimum Gasteiger partial charge on any atom is -0.510 e. The zero-order valence-electron chi connectivity index (χ0n) is 52.3. The van der Waals surface area contributed by atoms with Crippen LogP contribution in [0.5, 0.6) is 11.5 Å². The summed E-state index contributed by atoms with van der Waals surface area (Å²) in [6, 6.07) is 44.7. The summed E-state index contributed by atoms with van der Waals surface area (Å²) < 4.78 is 111. The normalized spacial score (nSPS) is 14.5. The van der Waals surface area contributed by atoms with Gasteiger partial charge in [-0.15, -0.1) is 29.7 Å². The van der Waals surface area contributed by atoms with Crippen molar-refractivity contribution in [2.75, 3.05) is 0 Å². The number of fused-ring (bicyclic) bond motifs is 4. The van der Waals surface area contributed by atoms with E-state index in [1.807, 2.05) is 102 Å². The zero-order chi connectivity index (χ0) is 58.7. The Balaban J connectivity index is 0.00000769. The number of pyridine rings is 1. The molecule has 0 unspecified atom stereocenters. The molecule has 360 valence electrons. The molecule has 0 atom stereocenters. The van der Waals surface area contributed by atoms with Gasteiger partial charge in [-0.1, -0.05) is 200 Å². The maximum absolute atomic E-state index is 9.54. The van der Waals surface area contributed by atoms with E-state index in [1.54, 1.807) is 41.0 Å². The van der Waals surface area contributed by atoms with Gasteiger partial charge in [-0.05, 0) is 96.4 Å². The molecule has 0 aliphatic heterocycles. The van der Waals surface area contributed by atoms with Gasteiger partial charge in [-0.3, -0.25) is 4.57 Å². The molecule has 6 heteroatoms. The molecule has 11 aromatic rings. The minimum atomic E-state index is -1.94. The number of hydrogen-bond donors (Lipinski definition) is 0. The van der Waals surface area contributed by atoms with Gasteiger partial charge in [-0.25, -0.2) is 4.98 Å². The number of para-hydroxylation sites is 4. The standard InChI is InChI=1S/C66H58N4O.Pt/c1-64(2,3)49-38-47(39-50(40-49)65(4,5)6)55-29-20-28-54(46-21-11-9-12-22-46)63(55)69-44-68(59-31-17-18-32-60(59)69)51-25-19-26-52(41-51)71-53-33-34-57-56-27-15-16-30-58(56)70(61(57)42-53)62-37-45(35-36-67-62)43-66(7,8)48-23-13-10-14-24-48;/h9-40H,43H2,1-8H3;/q-2;/i9D,11D,12D,15D,16D,21D,22D,27D,30D,43D2;. The van der Waals surface area contributed by atoms with Gasteiger partial charge in [0.05, 0.1) is 29.1 Å². The van der Waals surface area contributed by atoms with Crippen LogP contribution in [-0.4, -0.2) is 14.1 Å². The summed E-state index contributed by atoms with van der Waals surface area (Å²) in [5.74, 6) is 0.717. The molecule has 0 radical (unpaired) electrons. The first kappa shape index (κ1) is 36.6. The van der Waals surface area contributed by atoms with Crippen LogP contribution in [-0.2, 0) is 43.7 Å². The minimum absolute atomic E-state index is 0. The van der Waals surface area contributed by atoms with Crippen molar-refractivity contribution < 1.29 is 45.4 Å². The molecule has 72 heavy (non-hydrogen) atoms. The van der Waals surface area contributed by atoms with Crippen LogP contribution in [0.4, 0.5) is 0 Å². The molecule has 5 nitrogen and oxygen atoms in total. The first-order valence-electron chi connectivity index (χ1n) is 29.2. The van der Waals surface area contributed by atoms with Crippen LogP contribution in [0, 0.1) is 18.5 Å². The Morgan fingerprint density at radius 1 is 0.597 bits per heavy atom. The number of nitrogens with zero attached hydrogens (tertiary/aromatic N) is 4. The van der Waals surface area contributed by atoms with E-state index in [0.717, 1.165) is 27.8 Å². The number of hydrogen-bond acceptors (Lipinski definition) is 2. The van der Waals surface area contributed by atoms with Crippen molar-refractivity contribution in [3.05, 3.63) is 235 Å². The summed E-state index contributed by atoms with van der Waals surface area (Å²) in [5.41, 5.74) is 6.87. The fourth-order valence-electron chi connectivity index (χ4n) is 9.22. The van der Waals surface area contributed by atoms with Gasteiger partial charge < -0.3 is 13.9 Å². The molecule has 0 fully saturated rings. The van der Waals surface area contributed by atoms with Gasteiger partial charge >= 0.3 is 0 Å². The third-order valence-electron chi connectivity index (χ3n) is 13.0. The maximum Gasteiger partial charge on any atom is 0.268 e. The molecule has 8 aromatic carbocycles. The molecule has 0 amide bonds. The van der Waals surface area contributed by atoms with Crippen LogP contribution < -0.4 is 9.30 Å². The first-order chi connectivity index (χ1) is 38.7. The first-order valence-corrected chi connectivity index (χ1v) is 23.7. The average Bonchev–Trinajstić information content (AvgIpc) is 1.97. The van der Waals surface area contributed by atoms with Crippen LogP contribution in [0.1, 0.15) is 92.7 Å². The van der Waals surface area contributed by atoms with Crippen LogP contribution in [0.15, 0.2) is 194 Å². The molecule has 0 spiro atoms. The molecule has 0 saturated heterocycles.